The zero-order chi connectivity index (χ0) is 14.1. The largest absolute Gasteiger partial charge is 0.340 e. The molecular formula is C13H22ClN5O2. The summed E-state index contributed by atoms with van der Waals surface area (Å²) in [4.78, 5) is 20.7. The monoisotopic (exact) mass is 315 g/mol. The zero-order valence-electron chi connectivity index (χ0n) is 12.4. The van der Waals surface area contributed by atoms with Crippen molar-refractivity contribution in [2.45, 2.75) is 19.9 Å². The molecule has 0 saturated carbocycles. The number of piperazine rings is 1. The van der Waals surface area contributed by atoms with Gasteiger partial charge in [0.05, 0.1) is 12.0 Å². The van der Waals surface area contributed by atoms with Crippen molar-refractivity contribution in [3.63, 3.8) is 0 Å². The Bertz CT molecular complexity index is 483. The predicted octanol–water partition coefficient (Wildman–Crippen LogP) is 0.224. The molecule has 2 aliphatic heterocycles. The Labute approximate surface area is 130 Å². The van der Waals surface area contributed by atoms with E-state index < -0.39 is 0 Å². The molecule has 1 unspecified atom stereocenters. The van der Waals surface area contributed by atoms with E-state index in [0.29, 0.717) is 17.6 Å². The number of rotatable bonds is 3. The Morgan fingerprint density at radius 1 is 1.33 bits per heavy atom. The Morgan fingerprint density at radius 3 is 2.48 bits per heavy atom. The number of nitrogens with zero attached hydrogens (tertiary/aromatic N) is 4. The number of amides is 1. The van der Waals surface area contributed by atoms with Gasteiger partial charge in [-0.3, -0.25) is 9.69 Å². The summed E-state index contributed by atoms with van der Waals surface area (Å²) in [5.41, 5.74) is 0. The molecule has 7 nitrogen and oxygen atoms in total. The predicted molar refractivity (Wildman–Crippen MR) is 79.2 cm³/mol. The molecule has 1 amide bonds. The third-order valence-corrected chi connectivity index (χ3v) is 4.21. The van der Waals surface area contributed by atoms with Gasteiger partial charge >= 0.3 is 0 Å². The number of hydrogen-bond donors (Lipinski definition) is 1. The van der Waals surface area contributed by atoms with Gasteiger partial charge in [-0.2, -0.15) is 4.98 Å². The van der Waals surface area contributed by atoms with E-state index >= 15 is 0 Å². The van der Waals surface area contributed by atoms with E-state index in [4.69, 9.17) is 4.52 Å². The van der Waals surface area contributed by atoms with Crippen molar-refractivity contribution < 1.29 is 9.32 Å². The van der Waals surface area contributed by atoms with Crippen LogP contribution in [0.2, 0.25) is 0 Å². The second-order valence-corrected chi connectivity index (χ2v) is 5.57. The van der Waals surface area contributed by atoms with Crippen LogP contribution in [0.3, 0.4) is 0 Å². The molecule has 1 atom stereocenters. The Morgan fingerprint density at radius 2 is 2.00 bits per heavy atom. The van der Waals surface area contributed by atoms with E-state index in [1.165, 1.54) is 0 Å². The number of halogens is 1. The average Bonchev–Trinajstić information content (AvgIpc) is 2.83. The van der Waals surface area contributed by atoms with Crippen LogP contribution >= 0.6 is 12.4 Å². The molecule has 2 fully saturated rings. The minimum absolute atomic E-state index is 0. The highest BCUT2D eigenvalue weighted by Crippen LogP contribution is 2.21. The summed E-state index contributed by atoms with van der Waals surface area (Å²) in [6.45, 7) is 8.83. The number of carbonyl (C=O) groups is 1. The van der Waals surface area contributed by atoms with Crippen LogP contribution in [0.15, 0.2) is 4.52 Å². The van der Waals surface area contributed by atoms with Crippen molar-refractivity contribution in [1.29, 1.82) is 0 Å². The third kappa shape index (κ3) is 3.36. The summed E-state index contributed by atoms with van der Waals surface area (Å²) < 4.78 is 5.23. The molecule has 118 valence electrons. The van der Waals surface area contributed by atoms with Crippen LogP contribution in [0.1, 0.15) is 24.7 Å². The Balaban J connectivity index is 0.00000161. The first kappa shape index (κ1) is 16.2. The van der Waals surface area contributed by atoms with E-state index in [9.17, 15) is 4.79 Å². The maximum absolute atomic E-state index is 12.2. The number of aryl methyl sites for hydroxylation is 1. The summed E-state index contributed by atoms with van der Waals surface area (Å²) in [6, 6.07) is 0.110. The second kappa shape index (κ2) is 6.72. The lowest BCUT2D eigenvalue weighted by molar-refractivity contribution is -0.139. The van der Waals surface area contributed by atoms with Crippen molar-refractivity contribution in [3.05, 3.63) is 11.7 Å². The Kier molecular flexibility index (Phi) is 5.18. The highest BCUT2D eigenvalue weighted by atomic mass is 35.5. The van der Waals surface area contributed by atoms with Gasteiger partial charge in [0.25, 0.3) is 0 Å². The van der Waals surface area contributed by atoms with Crippen molar-refractivity contribution in [3.8, 4) is 0 Å². The first-order chi connectivity index (χ1) is 9.65. The van der Waals surface area contributed by atoms with Gasteiger partial charge in [0.1, 0.15) is 0 Å². The lowest BCUT2D eigenvalue weighted by Gasteiger charge is -2.39. The third-order valence-electron chi connectivity index (χ3n) is 4.21. The van der Waals surface area contributed by atoms with Gasteiger partial charge in [0, 0.05) is 39.3 Å². The van der Waals surface area contributed by atoms with Crippen molar-refractivity contribution in [2.24, 2.45) is 5.92 Å². The maximum Gasteiger partial charge on any atom is 0.243 e. The normalized spacial score (nSPS) is 21.5. The zero-order valence-corrected chi connectivity index (χ0v) is 13.2. The van der Waals surface area contributed by atoms with Crippen LogP contribution in [0.5, 0.6) is 0 Å². The lowest BCUT2D eigenvalue weighted by atomic mass is 10.0. The fourth-order valence-electron chi connectivity index (χ4n) is 2.69. The molecule has 21 heavy (non-hydrogen) atoms. The van der Waals surface area contributed by atoms with Crippen LogP contribution < -0.4 is 5.32 Å². The number of aromatic nitrogens is 2. The van der Waals surface area contributed by atoms with Crippen LogP contribution in [0, 0.1) is 12.8 Å². The molecule has 8 heteroatoms. The number of carbonyl (C=O) groups excluding carboxylic acids is 1. The first-order valence-electron chi connectivity index (χ1n) is 7.19. The van der Waals surface area contributed by atoms with Crippen LogP contribution in [0.25, 0.3) is 0 Å². The van der Waals surface area contributed by atoms with Gasteiger partial charge in [-0.15, -0.1) is 12.4 Å². The molecule has 3 heterocycles. The molecule has 0 radical (unpaired) electrons. The van der Waals surface area contributed by atoms with Crippen molar-refractivity contribution in [2.75, 3.05) is 39.3 Å². The molecule has 1 N–H and O–H groups in total. The lowest BCUT2D eigenvalue weighted by Crippen LogP contribution is -2.56. The van der Waals surface area contributed by atoms with Crippen molar-refractivity contribution in [1.82, 2.24) is 25.3 Å². The highest BCUT2D eigenvalue weighted by Gasteiger charge is 2.32. The number of hydrogen-bond acceptors (Lipinski definition) is 6. The maximum atomic E-state index is 12.2. The first-order valence-corrected chi connectivity index (χ1v) is 7.19. The van der Waals surface area contributed by atoms with Crippen molar-refractivity contribution >= 4 is 18.3 Å². The smallest absolute Gasteiger partial charge is 0.243 e. The molecule has 1 aromatic heterocycles. The molecule has 1 aromatic rings. The van der Waals surface area contributed by atoms with Crippen LogP contribution in [-0.2, 0) is 4.79 Å². The van der Waals surface area contributed by atoms with Gasteiger partial charge in [-0.1, -0.05) is 5.16 Å². The summed E-state index contributed by atoms with van der Waals surface area (Å²) >= 11 is 0. The molecule has 3 rings (SSSR count). The van der Waals surface area contributed by atoms with E-state index in [-0.39, 0.29) is 24.4 Å². The fraction of sp³-hybridized carbons (Fsp3) is 0.769. The number of nitrogens with one attached hydrogen (secondary N) is 1. The molecule has 0 bridgehead atoms. The summed E-state index contributed by atoms with van der Waals surface area (Å²) in [5.74, 6) is 1.81. The fourth-order valence-corrected chi connectivity index (χ4v) is 2.69. The van der Waals surface area contributed by atoms with E-state index in [0.717, 1.165) is 39.3 Å². The highest BCUT2D eigenvalue weighted by molar-refractivity contribution is 5.85. The van der Waals surface area contributed by atoms with E-state index in [1.54, 1.807) is 0 Å². The Hall–Kier alpha value is -1.18. The molecule has 0 aliphatic carbocycles. The second-order valence-electron chi connectivity index (χ2n) is 5.57. The topological polar surface area (TPSA) is 74.5 Å². The van der Waals surface area contributed by atoms with Gasteiger partial charge in [-0.05, 0) is 13.8 Å². The molecular weight excluding hydrogens is 294 g/mol. The van der Waals surface area contributed by atoms with E-state index in [2.05, 4.69) is 27.3 Å². The van der Waals surface area contributed by atoms with Gasteiger partial charge in [0.2, 0.25) is 11.8 Å². The van der Waals surface area contributed by atoms with Crippen LogP contribution in [-0.4, -0.2) is 65.1 Å². The minimum atomic E-state index is 0. The molecule has 2 aliphatic rings. The minimum Gasteiger partial charge on any atom is -0.340 e. The SMILES string of the molecule is Cc1noc(C(C)N2CCN(C(=O)C3CNC3)CC2)n1.Cl. The molecule has 0 spiro atoms. The van der Waals surface area contributed by atoms with Crippen LogP contribution in [0.4, 0.5) is 0 Å². The summed E-state index contributed by atoms with van der Waals surface area (Å²) in [5, 5.41) is 6.98. The standard InChI is InChI=1S/C13H21N5O2.ClH/c1-9(12-15-10(2)16-20-12)17-3-5-18(6-4-17)13(19)11-7-14-8-11;/h9,11,14H,3-8H2,1-2H3;1H. The average molecular weight is 316 g/mol. The quantitative estimate of drug-likeness (QED) is 0.860. The van der Waals surface area contributed by atoms with Gasteiger partial charge in [0.15, 0.2) is 5.82 Å². The van der Waals surface area contributed by atoms with E-state index in [1.807, 2.05) is 11.8 Å². The van der Waals surface area contributed by atoms with Gasteiger partial charge in [-0.25, -0.2) is 0 Å². The summed E-state index contributed by atoms with van der Waals surface area (Å²) in [7, 11) is 0. The molecule has 0 aromatic carbocycles. The molecule has 2 saturated heterocycles. The van der Waals surface area contributed by atoms with Gasteiger partial charge < -0.3 is 14.7 Å². The summed E-state index contributed by atoms with van der Waals surface area (Å²) in [6.07, 6.45) is 0.